The molecule has 1 aromatic rings. The molecule has 4 nitrogen and oxygen atoms in total. The molecule has 0 radical (unpaired) electrons. The Morgan fingerprint density at radius 1 is 1.47 bits per heavy atom. The molecular weight excluding hydrogens is 330 g/mol. The highest BCUT2D eigenvalue weighted by atomic mass is 79.9. The van der Waals surface area contributed by atoms with E-state index in [0.717, 1.165) is 4.47 Å². The first-order valence-corrected chi connectivity index (χ1v) is 7.71. The van der Waals surface area contributed by atoms with Crippen LogP contribution in [0.5, 0.6) is 0 Å². The van der Waals surface area contributed by atoms with Gasteiger partial charge >= 0.3 is 0 Å². The predicted molar refractivity (Wildman–Crippen MR) is 73.1 cm³/mol. The topological polar surface area (TPSA) is 55.4 Å². The summed E-state index contributed by atoms with van der Waals surface area (Å²) in [5, 5.41) is 0.460. The van der Waals surface area contributed by atoms with Crippen molar-refractivity contribution in [2.24, 2.45) is 0 Å². The minimum atomic E-state index is -3.34. The molecule has 0 atom stereocenters. The van der Waals surface area contributed by atoms with Gasteiger partial charge in [0.2, 0.25) is 10.0 Å². The number of hydrogen-bond acceptors (Lipinski definition) is 3. The van der Waals surface area contributed by atoms with Crippen molar-refractivity contribution in [1.82, 2.24) is 0 Å². The Kier molecular flexibility index (Phi) is 5.72. The molecule has 17 heavy (non-hydrogen) atoms. The smallest absolute Gasteiger partial charge is 0.232 e. The van der Waals surface area contributed by atoms with Gasteiger partial charge in [0.05, 0.1) is 16.5 Å². The number of methoxy groups -OCH3 is 1. The van der Waals surface area contributed by atoms with Crippen molar-refractivity contribution in [2.45, 2.75) is 6.42 Å². The first-order valence-electron chi connectivity index (χ1n) is 4.89. The second-order valence-corrected chi connectivity index (χ2v) is 6.50. The van der Waals surface area contributed by atoms with E-state index in [0.29, 0.717) is 23.7 Å². The molecule has 1 rings (SSSR count). The number of rotatable bonds is 6. The Morgan fingerprint density at radius 2 is 2.18 bits per heavy atom. The van der Waals surface area contributed by atoms with Crippen molar-refractivity contribution in [1.29, 1.82) is 0 Å². The summed E-state index contributed by atoms with van der Waals surface area (Å²) < 4.78 is 31.3. The summed E-state index contributed by atoms with van der Waals surface area (Å²) in [6.45, 7) is 0.419. The van der Waals surface area contributed by atoms with E-state index in [-0.39, 0.29) is 5.75 Å². The molecule has 0 saturated heterocycles. The summed E-state index contributed by atoms with van der Waals surface area (Å²) in [7, 11) is -1.80. The average molecular weight is 343 g/mol. The van der Waals surface area contributed by atoms with Gasteiger partial charge in [-0.25, -0.2) is 8.42 Å². The van der Waals surface area contributed by atoms with E-state index < -0.39 is 10.0 Å². The first kappa shape index (κ1) is 14.8. The fourth-order valence-corrected chi connectivity index (χ4v) is 2.70. The van der Waals surface area contributed by atoms with E-state index >= 15 is 0 Å². The Hall–Kier alpha value is -0.300. The SMILES string of the molecule is COCCCS(=O)(=O)Nc1ccc(Br)c(Cl)c1. The fraction of sp³-hybridized carbons (Fsp3) is 0.400. The summed E-state index contributed by atoms with van der Waals surface area (Å²) in [6.07, 6.45) is 0.454. The van der Waals surface area contributed by atoms with Crippen molar-refractivity contribution in [3.05, 3.63) is 27.7 Å². The van der Waals surface area contributed by atoms with Crippen molar-refractivity contribution < 1.29 is 13.2 Å². The van der Waals surface area contributed by atoms with Gasteiger partial charge in [-0.3, -0.25) is 4.72 Å². The fourth-order valence-electron chi connectivity index (χ4n) is 1.18. The van der Waals surface area contributed by atoms with Gasteiger partial charge in [-0.15, -0.1) is 0 Å². The molecule has 7 heteroatoms. The number of ether oxygens (including phenoxy) is 1. The highest BCUT2D eigenvalue weighted by molar-refractivity contribution is 9.10. The molecular formula is C10H13BrClNO3S. The van der Waals surface area contributed by atoms with Crippen LogP contribution >= 0.6 is 27.5 Å². The predicted octanol–water partition coefficient (Wildman–Crippen LogP) is 2.88. The van der Waals surface area contributed by atoms with Crippen LogP contribution in [-0.2, 0) is 14.8 Å². The van der Waals surface area contributed by atoms with Crippen LogP contribution < -0.4 is 4.72 Å². The molecule has 0 aliphatic carbocycles. The third-order valence-corrected chi connectivity index (χ3v) is 4.56. The molecule has 0 saturated carbocycles. The maximum atomic E-state index is 11.6. The number of hydrogen-bond donors (Lipinski definition) is 1. The molecule has 0 aliphatic heterocycles. The van der Waals surface area contributed by atoms with Gasteiger partial charge in [-0.1, -0.05) is 11.6 Å². The van der Waals surface area contributed by atoms with Crippen LogP contribution in [0.25, 0.3) is 0 Å². The number of anilines is 1. The van der Waals surface area contributed by atoms with E-state index in [9.17, 15) is 8.42 Å². The van der Waals surface area contributed by atoms with Crippen LogP contribution in [0.2, 0.25) is 5.02 Å². The molecule has 0 unspecified atom stereocenters. The van der Waals surface area contributed by atoms with Gasteiger partial charge in [0, 0.05) is 18.2 Å². The Bertz CT molecular complexity index is 478. The average Bonchev–Trinajstić information content (AvgIpc) is 2.23. The summed E-state index contributed by atoms with van der Waals surface area (Å²) >= 11 is 9.10. The van der Waals surface area contributed by atoms with Crippen LogP contribution in [0.15, 0.2) is 22.7 Å². The van der Waals surface area contributed by atoms with Gasteiger partial charge in [0.15, 0.2) is 0 Å². The molecule has 96 valence electrons. The third kappa shape index (κ3) is 5.25. The Morgan fingerprint density at radius 3 is 2.76 bits per heavy atom. The van der Waals surface area contributed by atoms with E-state index in [4.69, 9.17) is 16.3 Å². The molecule has 0 spiro atoms. The van der Waals surface area contributed by atoms with Crippen LogP contribution in [0.4, 0.5) is 5.69 Å². The Balaban J connectivity index is 2.66. The molecule has 1 aromatic carbocycles. The number of nitrogens with one attached hydrogen (secondary N) is 1. The van der Waals surface area contributed by atoms with Crippen LogP contribution in [0, 0.1) is 0 Å². The van der Waals surface area contributed by atoms with Crippen molar-refractivity contribution in [3.63, 3.8) is 0 Å². The lowest BCUT2D eigenvalue weighted by atomic mass is 10.3. The molecule has 0 bridgehead atoms. The lowest BCUT2D eigenvalue weighted by Gasteiger charge is -2.08. The highest BCUT2D eigenvalue weighted by Gasteiger charge is 2.10. The number of sulfonamides is 1. The third-order valence-electron chi connectivity index (χ3n) is 1.95. The van der Waals surface area contributed by atoms with Crippen molar-refractivity contribution in [3.8, 4) is 0 Å². The standard InChI is InChI=1S/C10H13BrClNO3S/c1-16-5-2-6-17(14,15)13-8-3-4-9(11)10(12)7-8/h3-4,7,13H,2,5-6H2,1H3. The normalized spacial score (nSPS) is 11.5. The van der Waals surface area contributed by atoms with Gasteiger partial charge < -0.3 is 4.74 Å². The van der Waals surface area contributed by atoms with Gasteiger partial charge in [-0.05, 0) is 40.5 Å². The zero-order valence-electron chi connectivity index (χ0n) is 9.24. The van der Waals surface area contributed by atoms with E-state index in [1.807, 2.05) is 0 Å². The van der Waals surface area contributed by atoms with Gasteiger partial charge in [-0.2, -0.15) is 0 Å². The summed E-state index contributed by atoms with van der Waals surface area (Å²) in [4.78, 5) is 0. The largest absolute Gasteiger partial charge is 0.385 e. The lowest BCUT2D eigenvalue weighted by molar-refractivity contribution is 0.199. The summed E-state index contributed by atoms with van der Waals surface area (Å²) in [6, 6.07) is 4.89. The zero-order chi connectivity index (χ0) is 12.9. The summed E-state index contributed by atoms with van der Waals surface area (Å²) in [5.74, 6) is 0.0223. The second-order valence-electron chi connectivity index (χ2n) is 3.40. The van der Waals surface area contributed by atoms with Crippen LogP contribution in [0.1, 0.15) is 6.42 Å². The Labute approximate surface area is 114 Å². The molecule has 1 N–H and O–H groups in total. The molecule has 0 amide bonds. The van der Waals surface area contributed by atoms with Gasteiger partial charge in [0.1, 0.15) is 0 Å². The number of halogens is 2. The maximum Gasteiger partial charge on any atom is 0.232 e. The highest BCUT2D eigenvalue weighted by Crippen LogP contribution is 2.25. The number of benzene rings is 1. The molecule has 0 heterocycles. The van der Waals surface area contributed by atoms with Crippen molar-refractivity contribution >= 4 is 43.2 Å². The lowest BCUT2D eigenvalue weighted by Crippen LogP contribution is -2.17. The van der Waals surface area contributed by atoms with Crippen LogP contribution in [-0.4, -0.2) is 27.9 Å². The minimum Gasteiger partial charge on any atom is -0.385 e. The summed E-state index contributed by atoms with van der Waals surface area (Å²) in [5.41, 5.74) is 0.454. The monoisotopic (exact) mass is 341 g/mol. The quantitative estimate of drug-likeness (QED) is 0.809. The maximum absolute atomic E-state index is 11.6. The van der Waals surface area contributed by atoms with E-state index in [2.05, 4.69) is 20.7 Å². The van der Waals surface area contributed by atoms with Crippen molar-refractivity contribution in [2.75, 3.05) is 24.2 Å². The minimum absolute atomic E-state index is 0.0223. The van der Waals surface area contributed by atoms with Gasteiger partial charge in [0.25, 0.3) is 0 Å². The second kappa shape index (κ2) is 6.58. The van der Waals surface area contributed by atoms with E-state index in [1.165, 1.54) is 7.11 Å². The first-order chi connectivity index (χ1) is 7.94. The molecule has 0 fully saturated rings. The van der Waals surface area contributed by atoms with E-state index in [1.54, 1.807) is 18.2 Å². The zero-order valence-corrected chi connectivity index (χ0v) is 12.4. The molecule has 0 aliphatic rings. The molecule has 0 aromatic heterocycles. The van der Waals surface area contributed by atoms with Crippen LogP contribution in [0.3, 0.4) is 0 Å².